The molecule has 0 aliphatic rings. The van der Waals surface area contributed by atoms with Gasteiger partial charge in [0.25, 0.3) is 0 Å². The van der Waals surface area contributed by atoms with Crippen LogP contribution in [0.5, 0.6) is 5.88 Å². The van der Waals surface area contributed by atoms with Gasteiger partial charge in [0.15, 0.2) is 11.5 Å². The highest BCUT2D eigenvalue weighted by atomic mass is 16.3. The van der Waals surface area contributed by atoms with Gasteiger partial charge in [0, 0.05) is 25.5 Å². The van der Waals surface area contributed by atoms with E-state index < -0.39 is 0 Å². The van der Waals surface area contributed by atoms with Crippen LogP contribution in [-0.2, 0) is 0 Å². The van der Waals surface area contributed by atoms with Crippen molar-refractivity contribution in [1.29, 1.82) is 0 Å². The van der Waals surface area contributed by atoms with Crippen molar-refractivity contribution in [3.05, 3.63) is 18.6 Å². The van der Waals surface area contributed by atoms with E-state index in [-0.39, 0.29) is 5.88 Å². The first kappa shape index (κ1) is 18.6. The molecule has 0 saturated heterocycles. The van der Waals surface area contributed by atoms with Gasteiger partial charge in [-0.3, -0.25) is 4.40 Å². The van der Waals surface area contributed by atoms with Crippen LogP contribution in [0.15, 0.2) is 18.6 Å². The highest BCUT2D eigenvalue weighted by molar-refractivity contribution is 5.65. The Hall–Kier alpha value is -1.78. The fraction of sp³-hybridized carbons (Fsp3) is 0.684. The van der Waals surface area contributed by atoms with E-state index in [4.69, 9.17) is 0 Å². The zero-order valence-corrected chi connectivity index (χ0v) is 15.2. The molecule has 0 unspecified atom stereocenters. The lowest BCUT2D eigenvalue weighted by atomic mass is 10.1. The molecule has 2 aromatic heterocycles. The molecule has 24 heavy (non-hydrogen) atoms. The zero-order chi connectivity index (χ0) is 17.2. The summed E-state index contributed by atoms with van der Waals surface area (Å²) in [7, 11) is 0. The summed E-state index contributed by atoms with van der Waals surface area (Å²) in [5.74, 6) is 0.947. The van der Waals surface area contributed by atoms with E-state index in [9.17, 15) is 5.11 Å². The number of nitrogens with zero attached hydrogens (tertiary/aromatic N) is 4. The molecule has 2 heterocycles. The summed E-state index contributed by atoms with van der Waals surface area (Å²) < 4.78 is 1.85. The van der Waals surface area contributed by atoms with Crippen molar-refractivity contribution in [3.63, 3.8) is 0 Å². The van der Waals surface area contributed by atoms with Gasteiger partial charge in [0.2, 0.25) is 5.88 Å². The molecule has 0 amide bonds. The molecule has 2 rings (SSSR count). The molecular formula is C19H32N4O. The average molecular weight is 332 g/mol. The lowest BCUT2D eigenvalue weighted by Crippen LogP contribution is -2.27. The van der Waals surface area contributed by atoms with Crippen molar-refractivity contribution in [2.75, 3.05) is 18.0 Å². The molecule has 1 N–H and O–H groups in total. The number of hydrogen-bond donors (Lipinski definition) is 1. The Bertz CT molecular complexity index is 596. The first-order valence-corrected chi connectivity index (χ1v) is 9.53. The fourth-order valence-electron chi connectivity index (χ4n) is 3.08. The van der Waals surface area contributed by atoms with E-state index in [0.29, 0.717) is 0 Å². The van der Waals surface area contributed by atoms with E-state index in [1.54, 1.807) is 12.4 Å². The van der Waals surface area contributed by atoms with Gasteiger partial charge in [-0.05, 0) is 12.8 Å². The number of aromatic hydroxyl groups is 1. The monoisotopic (exact) mass is 332 g/mol. The number of anilines is 1. The summed E-state index contributed by atoms with van der Waals surface area (Å²) >= 11 is 0. The minimum atomic E-state index is 0.0538. The Kier molecular flexibility index (Phi) is 7.86. The molecule has 0 spiro atoms. The van der Waals surface area contributed by atoms with Crippen LogP contribution < -0.4 is 4.90 Å². The number of imidazole rings is 1. The summed E-state index contributed by atoms with van der Waals surface area (Å²) in [5, 5.41) is 9.70. The first-order valence-electron chi connectivity index (χ1n) is 9.53. The van der Waals surface area contributed by atoms with Gasteiger partial charge in [0.05, 0.1) is 6.20 Å². The molecule has 0 aromatic carbocycles. The second-order valence-corrected chi connectivity index (χ2v) is 6.54. The van der Waals surface area contributed by atoms with Gasteiger partial charge >= 0.3 is 0 Å². The van der Waals surface area contributed by atoms with Crippen molar-refractivity contribution >= 4 is 11.5 Å². The first-order chi connectivity index (χ1) is 11.8. The number of rotatable bonds is 12. The van der Waals surface area contributed by atoms with Gasteiger partial charge in [-0.25, -0.2) is 4.98 Å². The number of fused-ring (bicyclic) bond motifs is 1. The van der Waals surface area contributed by atoms with Crippen molar-refractivity contribution in [1.82, 2.24) is 14.4 Å². The molecule has 0 saturated carbocycles. The number of aromatic nitrogens is 3. The van der Waals surface area contributed by atoms with Crippen LogP contribution >= 0.6 is 0 Å². The molecule has 0 aliphatic carbocycles. The Balaban J connectivity index is 2.04. The average Bonchev–Trinajstić information content (AvgIpc) is 2.97. The largest absolute Gasteiger partial charge is 0.492 e. The molecular weight excluding hydrogens is 300 g/mol. The van der Waals surface area contributed by atoms with Crippen molar-refractivity contribution in [2.24, 2.45) is 0 Å². The van der Waals surface area contributed by atoms with E-state index in [0.717, 1.165) is 24.6 Å². The molecule has 0 radical (unpaired) electrons. The van der Waals surface area contributed by atoms with Gasteiger partial charge in [-0.1, -0.05) is 58.8 Å². The van der Waals surface area contributed by atoms with Crippen molar-refractivity contribution in [3.8, 4) is 5.88 Å². The SMILES string of the molecule is CCCCCCCN(CCCCCC)c1nccn2cc(O)nc12. The van der Waals surface area contributed by atoms with Crippen molar-refractivity contribution < 1.29 is 5.11 Å². The maximum atomic E-state index is 9.70. The predicted molar refractivity (Wildman–Crippen MR) is 99.8 cm³/mol. The molecule has 5 heteroatoms. The van der Waals surface area contributed by atoms with Gasteiger partial charge in [0.1, 0.15) is 0 Å². The maximum absolute atomic E-state index is 9.70. The summed E-state index contributed by atoms with van der Waals surface area (Å²) in [5.41, 5.74) is 0.749. The predicted octanol–water partition coefficient (Wildman–Crippen LogP) is 4.79. The van der Waals surface area contributed by atoms with Crippen LogP contribution in [0.3, 0.4) is 0 Å². The normalized spacial score (nSPS) is 11.2. The molecule has 5 nitrogen and oxygen atoms in total. The number of hydrogen-bond acceptors (Lipinski definition) is 4. The van der Waals surface area contributed by atoms with Crippen LogP contribution in [-0.4, -0.2) is 32.6 Å². The maximum Gasteiger partial charge on any atom is 0.230 e. The van der Waals surface area contributed by atoms with E-state index >= 15 is 0 Å². The molecule has 0 aliphatic heterocycles. The lowest BCUT2D eigenvalue weighted by molar-refractivity contribution is 0.457. The quantitative estimate of drug-likeness (QED) is 0.568. The number of unbranched alkanes of at least 4 members (excludes halogenated alkanes) is 7. The van der Waals surface area contributed by atoms with E-state index in [2.05, 4.69) is 28.7 Å². The second-order valence-electron chi connectivity index (χ2n) is 6.54. The summed E-state index contributed by atoms with van der Waals surface area (Å²) in [6.45, 7) is 6.50. The minimum Gasteiger partial charge on any atom is -0.492 e. The van der Waals surface area contributed by atoms with Crippen LogP contribution in [0.4, 0.5) is 5.82 Å². The van der Waals surface area contributed by atoms with Gasteiger partial charge in [-0.2, -0.15) is 4.98 Å². The standard InChI is InChI=1S/C19H32N4O/c1-3-5-7-9-11-14-22(13-10-8-6-4-2)18-19-21-17(24)16-23(19)15-12-20-18/h12,15-16,24H,3-11,13-14H2,1-2H3. The Morgan fingerprint density at radius 3 is 2.25 bits per heavy atom. The Labute approximate surface area is 145 Å². The lowest BCUT2D eigenvalue weighted by Gasteiger charge is -2.24. The summed E-state index contributed by atoms with van der Waals surface area (Å²) in [6, 6.07) is 0. The van der Waals surface area contributed by atoms with Crippen molar-refractivity contribution in [2.45, 2.75) is 71.6 Å². The molecule has 134 valence electrons. The van der Waals surface area contributed by atoms with Crippen LogP contribution in [0.2, 0.25) is 0 Å². The van der Waals surface area contributed by atoms with Gasteiger partial charge in [-0.15, -0.1) is 0 Å². The van der Waals surface area contributed by atoms with Gasteiger partial charge < -0.3 is 10.0 Å². The third kappa shape index (κ3) is 5.39. The smallest absolute Gasteiger partial charge is 0.230 e. The second kappa shape index (κ2) is 10.2. The van der Waals surface area contributed by atoms with Crippen LogP contribution in [0.25, 0.3) is 5.65 Å². The molecule has 0 bridgehead atoms. The molecule has 2 aromatic rings. The summed E-state index contributed by atoms with van der Waals surface area (Å²) in [6.07, 6.45) is 16.6. The zero-order valence-electron chi connectivity index (χ0n) is 15.2. The highest BCUT2D eigenvalue weighted by Gasteiger charge is 2.14. The minimum absolute atomic E-state index is 0.0538. The van der Waals surface area contributed by atoms with E-state index in [1.807, 2.05) is 10.6 Å². The highest BCUT2D eigenvalue weighted by Crippen LogP contribution is 2.22. The Morgan fingerprint density at radius 1 is 0.958 bits per heavy atom. The molecule has 0 fully saturated rings. The summed E-state index contributed by atoms with van der Waals surface area (Å²) in [4.78, 5) is 11.2. The van der Waals surface area contributed by atoms with Crippen LogP contribution in [0.1, 0.15) is 71.6 Å². The third-order valence-corrected chi connectivity index (χ3v) is 4.46. The van der Waals surface area contributed by atoms with E-state index in [1.165, 1.54) is 57.8 Å². The fourth-order valence-corrected chi connectivity index (χ4v) is 3.08. The molecule has 0 atom stereocenters. The van der Waals surface area contributed by atoms with Crippen LogP contribution in [0, 0.1) is 0 Å². The third-order valence-electron chi connectivity index (χ3n) is 4.46. The topological polar surface area (TPSA) is 53.7 Å². The Morgan fingerprint density at radius 2 is 1.58 bits per heavy atom.